The molecule has 13 heavy (non-hydrogen) atoms. The second kappa shape index (κ2) is 7.06. The van der Waals surface area contributed by atoms with Crippen LogP contribution in [0.25, 0.3) is 0 Å². The Morgan fingerprint density at radius 3 is 2.38 bits per heavy atom. The van der Waals surface area contributed by atoms with Crippen LogP contribution in [0.4, 0.5) is 0 Å². The van der Waals surface area contributed by atoms with Gasteiger partial charge >= 0.3 is 0 Å². The molecule has 1 heterocycles. The van der Waals surface area contributed by atoms with Gasteiger partial charge < -0.3 is 24.0 Å². The van der Waals surface area contributed by atoms with Crippen molar-refractivity contribution in [1.29, 1.82) is 0 Å². The zero-order chi connectivity index (χ0) is 8.81. The highest BCUT2D eigenvalue weighted by atomic mass is 127. The molecule has 0 saturated carbocycles. The van der Waals surface area contributed by atoms with Crippen molar-refractivity contribution in [2.45, 2.75) is 25.8 Å². The van der Waals surface area contributed by atoms with Crippen LogP contribution in [0.3, 0.4) is 0 Å². The summed E-state index contributed by atoms with van der Waals surface area (Å²) in [6, 6.07) is 6.58. The molecule has 1 unspecified atom stereocenters. The third-order valence-corrected chi connectivity index (χ3v) is 1.98. The molecule has 0 aromatic carbocycles. The number of nitrogens with zero attached hydrogens (tertiary/aromatic N) is 1. The van der Waals surface area contributed by atoms with E-state index in [2.05, 4.69) is 30.5 Å². The van der Waals surface area contributed by atoms with Gasteiger partial charge in [-0.1, -0.05) is 19.6 Å². The topological polar surface area (TPSA) is 3.88 Å². The smallest absolute Gasteiger partial charge is 0.176 e. The molecule has 0 aliphatic rings. The molecule has 0 radical (unpaired) electrons. The Balaban J connectivity index is 0.00000144. The van der Waals surface area contributed by atoms with Crippen LogP contribution in [0.1, 0.15) is 25.8 Å². The Kier molecular flexibility index (Phi) is 6.86. The number of aromatic nitrogens is 1. The second-order valence-electron chi connectivity index (χ2n) is 2.91. The highest BCUT2D eigenvalue weighted by molar-refractivity contribution is 4.85. The zero-order valence-electron chi connectivity index (χ0n) is 7.99. The maximum atomic E-state index is 3.84. The summed E-state index contributed by atoms with van der Waals surface area (Å²) in [7, 11) is 0. The zero-order valence-corrected chi connectivity index (χ0v) is 10.1. The van der Waals surface area contributed by atoms with Crippen LogP contribution in [0.2, 0.25) is 0 Å². The Hall–Kier alpha value is -0.380. The van der Waals surface area contributed by atoms with E-state index < -0.39 is 0 Å². The van der Waals surface area contributed by atoms with Crippen LogP contribution in [0, 0.1) is 0 Å². The van der Waals surface area contributed by atoms with E-state index in [1.807, 2.05) is 24.3 Å². The van der Waals surface area contributed by atoms with Gasteiger partial charge in [0.25, 0.3) is 0 Å². The summed E-state index contributed by atoms with van der Waals surface area (Å²) in [6.45, 7) is 6.03. The minimum absolute atomic E-state index is 0. The first-order valence-corrected chi connectivity index (χ1v) is 4.46. The van der Waals surface area contributed by atoms with Crippen molar-refractivity contribution in [2.24, 2.45) is 0 Å². The highest BCUT2D eigenvalue weighted by Gasteiger charge is 2.10. The lowest BCUT2D eigenvalue weighted by atomic mass is 10.1. The first-order valence-electron chi connectivity index (χ1n) is 4.46. The molecule has 0 spiro atoms. The number of hydrogen-bond donors (Lipinski definition) is 0. The molecule has 1 aromatic heterocycles. The number of allylic oxidation sites excluding steroid dienone is 1. The lowest BCUT2D eigenvalue weighted by Gasteiger charge is -2.04. The number of pyridine rings is 1. The number of hydrogen-bond acceptors (Lipinski definition) is 0. The molecule has 0 saturated heterocycles. The van der Waals surface area contributed by atoms with E-state index in [-0.39, 0.29) is 24.0 Å². The molecule has 1 aromatic rings. The maximum Gasteiger partial charge on any atom is 0.176 e. The summed E-state index contributed by atoms with van der Waals surface area (Å²) in [6.07, 6.45) is 8.53. The minimum Gasteiger partial charge on any atom is -1.00 e. The molecular formula is C11H16IN. The Morgan fingerprint density at radius 2 is 1.92 bits per heavy atom. The summed E-state index contributed by atoms with van der Waals surface area (Å²) in [5.41, 5.74) is 0. The SMILES string of the molecule is C=CC(CCC)[n+]1ccccc1.[I-]. The molecule has 0 amide bonds. The lowest BCUT2D eigenvalue weighted by Crippen LogP contribution is -3.00. The largest absolute Gasteiger partial charge is 1.00 e. The fourth-order valence-electron chi connectivity index (χ4n) is 1.32. The van der Waals surface area contributed by atoms with Crippen LogP contribution >= 0.6 is 0 Å². The van der Waals surface area contributed by atoms with Crippen LogP contribution in [0.15, 0.2) is 43.2 Å². The molecule has 0 aliphatic heterocycles. The summed E-state index contributed by atoms with van der Waals surface area (Å²) in [5, 5.41) is 0. The molecule has 72 valence electrons. The number of halogens is 1. The van der Waals surface area contributed by atoms with E-state index in [4.69, 9.17) is 0 Å². The first kappa shape index (κ1) is 12.6. The first-order chi connectivity index (χ1) is 5.88. The van der Waals surface area contributed by atoms with Gasteiger partial charge in [0, 0.05) is 18.6 Å². The second-order valence-corrected chi connectivity index (χ2v) is 2.91. The van der Waals surface area contributed by atoms with Gasteiger partial charge in [-0.25, -0.2) is 0 Å². The molecular weight excluding hydrogens is 273 g/mol. The molecule has 1 nitrogen and oxygen atoms in total. The van der Waals surface area contributed by atoms with Gasteiger partial charge in [-0.05, 0) is 12.5 Å². The predicted octanol–water partition coefficient (Wildman–Crippen LogP) is -0.495. The van der Waals surface area contributed by atoms with Crippen molar-refractivity contribution in [1.82, 2.24) is 0 Å². The van der Waals surface area contributed by atoms with E-state index >= 15 is 0 Å². The average Bonchev–Trinajstić information content (AvgIpc) is 2.15. The van der Waals surface area contributed by atoms with Crippen molar-refractivity contribution in [3.63, 3.8) is 0 Å². The van der Waals surface area contributed by atoms with Crippen molar-refractivity contribution < 1.29 is 28.5 Å². The fraction of sp³-hybridized carbons (Fsp3) is 0.364. The average molecular weight is 289 g/mol. The standard InChI is InChI=1S/C11H16N.HI/c1-3-8-11(4-2)12-9-6-5-7-10-12;/h4-7,9-11H,2-3,8H2,1H3;1H/q+1;/p-1. The van der Waals surface area contributed by atoms with Crippen molar-refractivity contribution in [3.05, 3.63) is 43.2 Å². The van der Waals surface area contributed by atoms with Crippen LogP contribution in [-0.4, -0.2) is 0 Å². The van der Waals surface area contributed by atoms with Crippen LogP contribution in [-0.2, 0) is 0 Å². The normalized spacial score (nSPS) is 11.5. The van der Waals surface area contributed by atoms with E-state index in [1.165, 1.54) is 6.42 Å². The van der Waals surface area contributed by atoms with E-state index in [0.717, 1.165) is 6.42 Å². The van der Waals surface area contributed by atoms with Gasteiger partial charge in [-0.15, -0.1) is 0 Å². The highest BCUT2D eigenvalue weighted by Crippen LogP contribution is 2.05. The van der Waals surface area contributed by atoms with E-state index in [9.17, 15) is 0 Å². The number of rotatable bonds is 4. The Labute approximate surface area is 97.5 Å². The predicted molar refractivity (Wildman–Crippen MR) is 50.8 cm³/mol. The van der Waals surface area contributed by atoms with Crippen LogP contribution < -0.4 is 28.5 Å². The van der Waals surface area contributed by atoms with Gasteiger partial charge in [0.15, 0.2) is 18.4 Å². The third-order valence-electron chi connectivity index (χ3n) is 1.98. The fourth-order valence-corrected chi connectivity index (χ4v) is 1.32. The molecule has 0 fully saturated rings. The maximum absolute atomic E-state index is 3.84. The van der Waals surface area contributed by atoms with Gasteiger partial charge in [0.1, 0.15) is 0 Å². The van der Waals surface area contributed by atoms with Crippen molar-refractivity contribution in [2.75, 3.05) is 0 Å². The van der Waals surface area contributed by atoms with Gasteiger partial charge in [-0.3, -0.25) is 0 Å². The quantitative estimate of drug-likeness (QED) is 0.400. The Morgan fingerprint density at radius 1 is 1.31 bits per heavy atom. The van der Waals surface area contributed by atoms with Crippen LogP contribution in [0.5, 0.6) is 0 Å². The minimum atomic E-state index is 0. The monoisotopic (exact) mass is 289 g/mol. The van der Waals surface area contributed by atoms with E-state index in [1.54, 1.807) is 0 Å². The molecule has 1 rings (SSSR count). The van der Waals surface area contributed by atoms with Gasteiger partial charge in [0.05, 0.1) is 0 Å². The Bertz CT molecular complexity index is 233. The summed E-state index contributed by atoms with van der Waals surface area (Å²) in [4.78, 5) is 0. The molecule has 2 heteroatoms. The summed E-state index contributed by atoms with van der Waals surface area (Å²) in [5.74, 6) is 0. The molecule has 0 aliphatic carbocycles. The summed E-state index contributed by atoms with van der Waals surface area (Å²) >= 11 is 0. The molecule has 0 bridgehead atoms. The van der Waals surface area contributed by atoms with Gasteiger partial charge in [-0.2, -0.15) is 4.57 Å². The third kappa shape index (κ3) is 3.89. The van der Waals surface area contributed by atoms with Crippen molar-refractivity contribution >= 4 is 0 Å². The lowest BCUT2D eigenvalue weighted by molar-refractivity contribution is -0.713. The van der Waals surface area contributed by atoms with E-state index in [0.29, 0.717) is 6.04 Å². The van der Waals surface area contributed by atoms with Gasteiger partial charge in [0.2, 0.25) is 0 Å². The van der Waals surface area contributed by atoms with Crippen molar-refractivity contribution in [3.8, 4) is 0 Å². The summed E-state index contributed by atoms with van der Waals surface area (Å²) < 4.78 is 2.19. The molecule has 1 atom stereocenters. The molecule has 0 N–H and O–H groups in total.